The molecule has 1 heterocycles. The fourth-order valence-electron chi connectivity index (χ4n) is 2.62. The number of hydrogen-bond donors (Lipinski definition) is 1. The number of pyridine rings is 1. The maximum absolute atomic E-state index is 13.9. The largest absolute Gasteiger partial charge is 1.00 e. The van der Waals surface area contributed by atoms with Gasteiger partial charge in [0.05, 0.1) is 12.1 Å². The van der Waals surface area contributed by atoms with Gasteiger partial charge < -0.3 is 27.2 Å². The van der Waals surface area contributed by atoms with E-state index in [4.69, 9.17) is 21.1 Å². The Labute approximate surface area is 175 Å². The van der Waals surface area contributed by atoms with Gasteiger partial charge in [0.15, 0.2) is 11.5 Å². The molecule has 0 aliphatic rings. The smallest absolute Gasteiger partial charge is 0.161 e. The quantitative estimate of drug-likeness (QED) is 0.601. The third-order valence-electron chi connectivity index (χ3n) is 4.04. The number of aromatic nitrogens is 1. The van der Waals surface area contributed by atoms with Crippen LogP contribution in [-0.4, -0.2) is 12.1 Å². The van der Waals surface area contributed by atoms with Gasteiger partial charge in [-0.3, -0.25) is 4.98 Å². The molecule has 0 unspecified atom stereocenters. The Balaban J connectivity index is 0.00000280. The number of methoxy groups -OCH3 is 1. The molecule has 0 spiro atoms. The Hall–Kier alpha value is -2.34. The number of ether oxygens (including phenoxy) is 2. The second kappa shape index (κ2) is 10.9. The summed E-state index contributed by atoms with van der Waals surface area (Å²) in [6.45, 7) is 1.42. The number of nitrogens with one attached hydrogen (secondary N) is 1. The van der Waals surface area contributed by atoms with Gasteiger partial charge in [-0.05, 0) is 41.5 Å². The third kappa shape index (κ3) is 5.83. The highest BCUT2D eigenvalue weighted by Crippen LogP contribution is 2.30. The minimum atomic E-state index is -0.391. The molecular formula is C21H20Cl2FN2O2-. The number of hydrogen-bond acceptors (Lipinski definition) is 4. The summed E-state index contributed by atoms with van der Waals surface area (Å²) in [6, 6.07) is 14.1. The zero-order valence-corrected chi connectivity index (χ0v) is 16.8. The molecule has 7 heteroatoms. The summed E-state index contributed by atoms with van der Waals surface area (Å²) < 4.78 is 25.0. The Morgan fingerprint density at radius 3 is 2.57 bits per heavy atom. The van der Waals surface area contributed by atoms with Crippen molar-refractivity contribution in [3.8, 4) is 11.5 Å². The number of benzene rings is 2. The molecule has 0 fully saturated rings. The summed E-state index contributed by atoms with van der Waals surface area (Å²) >= 11 is 6.04. The molecule has 0 atom stereocenters. The molecule has 2 aromatic carbocycles. The van der Waals surface area contributed by atoms with E-state index < -0.39 is 5.82 Å². The van der Waals surface area contributed by atoms with E-state index in [-0.39, 0.29) is 19.0 Å². The molecule has 4 nitrogen and oxygen atoms in total. The zero-order valence-electron chi connectivity index (χ0n) is 15.3. The van der Waals surface area contributed by atoms with E-state index in [2.05, 4.69) is 10.3 Å². The molecule has 0 aliphatic heterocycles. The third-order valence-corrected chi connectivity index (χ3v) is 4.40. The highest BCUT2D eigenvalue weighted by molar-refractivity contribution is 6.31. The summed E-state index contributed by atoms with van der Waals surface area (Å²) in [7, 11) is 1.57. The van der Waals surface area contributed by atoms with Crippen LogP contribution in [0.1, 0.15) is 16.7 Å². The van der Waals surface area contributed by atoms with Gasteiger partial charge in [0.1, 0.15) is 12.4 Å². The van der Waals surface area contributed by atoms with Crippen molar-refractivity contribution in [3.05, 3.63) is 88.5 Å². The second-order valence-corrected chi connectivity index (χ2v) is 6.35. The zero-order chi connectivity index (χ0) is 19.1. The molecule has 0 aliphatic carbocycles. The van der Waals surface area contributed by atoms with Gasteiger partial charge in [-0.15, -0.1) is 0 Å². The predicted octanol–water partition coefficient (Wildman–Crippen LogP) is 1.76. The highest BCUT2D eigenvalue weighted by Gasteiger charge is 2.11. The monoisotopic (exact) mass is 421 g/mol. The summed E-state index contributed by atoms with van der Waals surface area (Å²) in [6.07, 6.45) is 3.58. The van der Waals surface area contributed by atoms with E-state index in [0.29, 0.717) is 28.6 Å². The standard InChI is InChI=1S/C21H20ClFN2O2.ClH/c1-26-21-10-15(11-25-13-16-4-3-9-24-12-16)7-8-20(21)27-14-17-18(22)5-2-6-19(17)23;/h2-10,12,25H,11,13-14H2,1H3;1H/p-1. The molecule has 28 heavy (non-hydrogen) atoms. The molecule has 1 aromatic heterocycles. The van der Waals surface area contributed by atoms with Gasteiger partial charge in [-0.1, -0.05) is 29.8 Å². The van der Waals surface area contributed by atoms with Crippen molar-refractivity contribution >= 4 is 11.6 Å². The van der Waals surface area contributed by atoms with Crippen LogP contribution in [0.5, 0.6) is 11.5 Å². The first-order valence-electron chi connectivity index (χ1n) is 8.49. The van der Waals surface area contributed by atoms with Crippen molar-refractivity contribution in [2.24, 2.45) is 0 Å². The molecule has 3 rings (SSSR count). The van der Waals surface area contributed by atoms with Crippen molar-refractivity contribution < 1.29 is 26.3 Å². The minimum Gasteiger partial charge on any atom is -1.00 e. The van der Waals surface area contributed by atoms with E-state index in [9.17, 15) is 4.39 Å². The van der Waals surface area contributed by atoms with Crippen LogP contribution in [0.3, 0.4) is 0 Å². The van der Waals surface area contributed by atoms with Crippen LogP contribution in [0.25, 0.3) is 0 Å². The fraction of sp³-hybridized carbons (Fsp3) is 0.190. The van der Waals surface area contributed by atoms with Crippen molar-refractivity contribution in [2.75, 3.05) is 7.11 Å². The topological polar surface area (TPSA) is 43.4 Å². The first-order valence-corrected chi connectivity index (χ1v) is 8.87. The van der Waals surface area contributed by atoms with Crippen molar-refractivity contribution in [1.82, 2.24) is 10.3 Å². The lowest BCUT2D eigenvalue weighted by atomic mass is 10.2. The van der Waals surface area contributed by atoms with E-state index in [0.717, 1.165) is 17.7 Å². The minimum absolute atomic E-state index is 0. The molecular weight excluding hydrogens is 402 g/mol. The van der Waals surface area contributed by atoms with Gasteiger partial charge in [0, 0.05) is 31.0 Å². The van der Waals surface area contributed by atoms with Crippen molar-refractivity contribution in [2.45, 2.75) is 19.7 Å². The molecule has 0 saturated carbocycles. The van der Waals surface area contributed by atoms with Gasteiger partial charge in [0.2, 0.25) is 0 Å². The summed E-state index contributed by atoms with van der Waals surface area (Å²) in [5, 5.41) is 3.70. The van der Waals surface area contributed by atoms with Crippen LogP contribution >= 0.6 is 11.6 Å². The van der Waals surface area contributed by atoms with Crippen LogP contribution in [0.2, 0.25) is 5.02 Å². The van der Waals surface area contributed by atoms with Gasteiger partial charge in [-0.25, -0.2) is 4.39 Å². The molecule has 3 aromatic rings. The molecule has 1 N–H and O–H groups in total. The second-order valence-electron chi connectivity index (χ2n) is 5.94. The summed E-state index contributed by atoms with van der Waals surface area (Å²) in [5.74, 6) is 0.730. The fourth-order valence-corrected chi connectivity index (χ4v) is 2.83. The van der Waals surface area contributed by atoms with Crippen LogP contribution in [0.4, 0.5) is 4.39 Å². The maximum atomic E-state index is 13.9. The molecule has 0 saturated heterocycles. The molecule has 0 bridgehead atoms. The van der Waals surface area contributed by atoms with Gasteiger partial charge >= 0.3 is 0 Å². The lowest BCUT2D eigenvalue weighted by Crippen LogP contribution is -3.00. The molecule has 0 amide bonds. The number of halogens is 3. The van der Waals surface area contributed by atoms with Crippen LogP contribution < -0.4 is 27.2 Å². The Morgan fingerprint density at radius 1 is 1.04 bits per heavy atom. The Kier molecular flexibility index (Phi) is 8.51. The average Bonchev–Trinajstić information content (AvgIpc) is 2.69. The number of nitrogens with zero attached hydrogens (tertiary/aromatic N) is 1. The number of rotatable bonds is 8. The first kappa shape index (κ1) is 22.0. The summed E-state index contributed by atoms with van der Waals surface area (Å²) in [5.41, 5.74) is 2.49. The summed E-state index contributed by atoms with van der Waals surface area (Å²) in [4.78, 5) is 4.09. The van der Waals surface area contributed by atoms with E-state index in [1.54, 1.807) is 25.4 Å². The average molecular weight is 422 g/mol. The highest BCUT2D eigenvalue weighted by atomic mass is 35.5. The predicted molar refractivity (Wildman–Crippen MR) is 104 cm³/mol. The van der Waals surface area contributed by atoms with E-state index >= 15 is 0 Å². The van der Waals surface area contributed by atoms with Crippen LogP contribution in [0.15, 0.2) is 60.9 Å². The lowest BCUT2D eigenvalue weighted by Gasteiger charge is -2.13. The van der Waals surface area contributed by atoms with Gasteiger partial charge in [-0.2, -0.15) is 0 Å². The van der Waals surface area contributed by atoms with Crippen LogP contribution in [-0.2, 0) is 19.7 Å². The molecule has 148 valence electrons. The normalized spacial score (nSPS) is 10.2. The van der Waals surface area contributed by atoms with E-state index in [1.165, 1.54) is 6.07 Å². The lowest BCUT2D eigenvalue weighted by molar-refractivity contribution is -0.00000665. The van der Waals surface area contributed by atoms with E-state index in [1.807, 2.05) is 36.5 Å². The first-order chi connectivity index (χ1) is 13.2. The van der Waals surface area contributed by atoms with Crippen molar-refractivity contribution in [3.63, 3.8) is 0 Å². The SMILES string of the molecule is COc1cc(CNCc2cccnc2)ccc1OCc1c(F)cccc1Cl.[Cl-]. The van der Waals surface area contributed by atoms with Gasteiger partial charge in [0.25, 0.3) is 0 Å². The van der Waals surface area contributed by atoms with Crippen molar-refractivity contribution in [1.29, 1.82) is 0 Å². The Bertz CT molecular complexity index is 875. The van der Waals surface area contributed by atoms with Crippen LogP contribution in [0, 0.1) is 5.82 Å². The Morgan fingerprint density at radius 2 is 1.86 bits per heavy atom. The maximum Gasteiger partial charge on any atom is 0.161 e. The molecule has 0 radical (unpaired) electrons.